The molecule has 4 rings (SSSR count). The monoisotopic (exact) mass is 212 g/mol. The van der Waals surface area contributed by atoms with Crippen LogP contribution in [0.4, 0.5) is 0 Å². The number of hydrogen-bond donors (Lipinski definition) is 0. The molecular weight excluding hydrogens is 196 g/mol. The van der Waals surface area contributed by atoms with Gasteiger partial charge in [-0.1, -0.05) is 0 Å². The highest BCUT2D eigenvalue weighted by Crippen LogP contribution is 2.26. The Hall–Kier alpha value is -0.690. The third kappa shape index (κ3) is 1.63. The summed E-state index contributed by atoms with van der Waals surface area (Å²) in [5.74, 6) is -0.188. The average molecular weight is 212 g/mol. The van der Waals surface area contributed by atoms with Gasteiger partial charge < -0.3 is 4.74 Å². The molecule has 0 aromatic rings. The maximum absolute atomic E-state index is 10.8. The van der Waals surface area contributed by atoms with Gasteiger partial charge in [-0.05, 0) is 0 Å². The van der Waals surface area contributed by atoms with E-state index in [0.717, 1.165) is 33.3 Å². The van der Waals surface area contributed by atoms with E-state index in [4.69, 9.17) is 4.74 Å². The van der Waals surface area contributed by atoms with Gasteiger partial charge in [-0.15, -0.1) is 0 Å². The van der Waals surface area contributed by atoms with Crippen molar-refractivity contribution in [3.05, 3.63) is 0 Å². The van der Waals surface area contributed by atoms with E-state index < -0.39 is 0 Å². The molecule has 4 saturated heterocycles. The van der Waals surface area contributed by atoms with Crippen molar-refractivity contribution in [2.75, 3.05) is 40.0 Å². The van der Waals surface area contributed by atoms with Gasteiger partial charge in [-0.3, -0.25) is 24.4 Å². The molecule has 0 aliphatic carbocycles. The van der Waals surface area contributed by atoms with Gasteiger partial charge in [-0.2, -0.15) is 0 Å². The van der Waals surface area contributed by atoms with Crippen LogP contribution in [0.5, 0.6) is 0 Å². The first-order valence-electron chi connectivity index (χ1n) is 5.28. The summed E-state index contributed by atoms with van der Waals surface area (Å²) in [6.45, 7) is 7.04. The summed E-state index contributed by atoms with van der Waals surface area (Å²) in [5.41, 5.74) is 0. The topological polar surface area (TPSA) is 39.3 Å². The average Bonchev–Trinajstić information content (AvgIpc) is 2.14. The minimum atomic E-state index is -0.188. The van der Waals surface area contributed by atoms with Crippen LogP contribution in [0.1, 0.15) is 6.92 Å². The molecule has 15 heavy (non-hydrogen) atoms. The lowest BCUT2D eigenvalue weighted by molar-refractivity contribution is -0.240. The Balaban J connectivity index is 1.67. The number of carbonyl (C=O) groups excluding carboxylic acids is 1. The highest BCUT2D eigenvalue weighted by Gasteiger charge is 2.43. The van der Waals surface area contributed by atoms with Crippen LogP contribution in [-0.4, -0.2) is 71.7 Å². The maximum Gasteiger partial charge on any atom is 0.302 e. The zero-order chi connectivity index (χ0) is 10.4. The Labute approximate surface area is 89.0 Å². The van der Waals surface area contributed by atoms with Crippen LogP contribution in [0.25, 0.3) is 0 Å². The zero-order valence-electron chi connectivity index (χ0n) is 8.93. The minimum Gasteiger partial charge on any atom is -0.463 e. The van der Waals surface area contributed by atoms with E-state index in [2.05, 4.69) is 19.6 Å². The molecule has 0 amide bonds. The Kier molecular flexibility index (Phi) is 2.17. The van der Waals surface area contributed by atoms with Gasteiger partial charge in [0.2, 0.25) is 0 Å². The first kappa shape index (κ1) is 9.53. The van der Waals surface area contributed by atoms with Gasteiger partial charge in [0.1, 0.15) is 12.8 Å². The third-order valence-corrected chi connectivity index (χ3v) is 3.21. The van der Waals surface area contributed by atoms with E-state index in [-0.39, 0.29) is 12.1 Å². The molecule has 6 nitrogen and oxygen atoms in total. The quantitative estimate of drug-likeness (QED) is 0.542. The van der Waals surface area contributed by atoms with Crippen LogP contribution >= 0.6 is 0 Å². The molecule has 0 aromatic heterocycles. The predicted molar refractivity (Wildman–Crippen MR) is 52.1 cm³/mol. The number of rotatable bonds is 2. The van der Waals surface area contributed by atoms with E-state index in [1.54, 1.807) is 0 Å². The van der Waals surface area contributed by atoms with Gasteiger partial charge in [0.25, 0.3) is 0 Å². The molecule has 0 aromatic carbocycles. The van der Waals surface area contributed by atoms with Gasteiger partial charge in [0.15, 0.2) is 0 Å². The summed E-state index contributed by atoms with van der Waals surface area (Å²) in [6, 6.07) is 0. The summed E-state index contributed by atoms with van der Waals surface area (Å²) in [6.07, 6.45) is 0.279. The predicted octanol–water partition coefficient (Wildman–Crippen LogP) is -1.09. The van der Waals surface area contributed by atoms with Gasteiger partial charge in [-0.25, -0.2) is 0 Å². The van der Waals surface area contributed by atoms with E-state index in [1.807, 2.05) is 0 Å². The standard InChI is InChI=1S/C9H16N4O2/c1-8(14)15-2-9-12-4-10-3-11(6-12)7-13(9)5-10/h9H,2-7H2,1H3. The number of carbonyl (C=O) groups is 1. The fourth-order valence-electron chi connectivity index (χ4n) is 2.68. The summed E-state index contributed by atoms with van der Waals surface area (Å²) in [5, 5.41) is 0. The highest BCUT2D eigenvalue weighted by atomic mass is 16.5. The SMILES string of the molecule is CC(=O)OCC1N2CN3CN(C2)CN1C3. The van der Waals surface area contributed by atoms with E-state index in [0.29, 0.717) is 6.61 Å². The lowest BCUT2D eigenvalue weighted by Gasteiger charge is -2.60. The van der Waals surface area contributed by atoms with Crippen molar-refractivity contribution in [1.29, 1.82) is 0 Å². The zero-order valence-corrected chi connectivity index (χ0v) is 8.93. The second-order valence-corrected chi connectivity index (χ2v) is 4.51. The van der Waals surface area contributed by atoms with Gasteiger partial charge >= 0.3 is 5.97 Å². The van der Waals surface area contributed by atoms with Crippen molar-refractivity contribution >= 4 is 5.97 Å². The summed E-state index contributed by atoms with van der Waals surface area (Å²) < 4.78 is 5.11. The Morgan fingerprint density at radius 1 is 1.13 bits per heavy atom. The maximum atomic E-state index is 10.8. The molecule has 0 atom stereocenters. The van der Waals surface area contributed by atoms with E-state index >= 15 is 0 Å². The lowest BCUT2D eigenvalue weighted by Crippen LogP contribution is -2.76. The van der Waals surface area contributed by atoms with Crippen LogP contribution in [0, 0.1) is 0 Å². The normalized spacial score (nSPS) is 46.9. The van der Waals surface area contributed by atoms with Crippen LogP contribution in [0.3, 0.4) is 0 Å². The molecule has 0 unspecified atom stereocenters. The molecule has 4 aliphatic heterocycles. The molecular formula is C9H16N4O2. The molecule has 0 N–H and O–H groups in total. The third-order valence-electron chi connectivity index (χ3n) is 3.21. The second kappa shape index (κ2) is 3.41. The van der Waals surface area contributed by atoms with Gasteiger partial charge in [0, 0.05) is 6.92 Å². The minimum absolute atomic E-state index is 0.188. The van der Waals surface area contributed by atoms with E-state index in [1.165, 1.54) is 6.92 Å². The lowest BCUT2D eigenvalue weighted by atomic mass is 10.2. The molecule has 4 bridgehead atoms. The van der Waals surface area contributed by atoms with Crippen molar-refractivity contribution in [2.24, 2.45) is 0 Å². The van der Waals surface area contributed by atoms with Gasteiger partial charge in [0.05, 0.1) is 33.3 Å². The molecule has 0 radical (unpaired) electrons. The van der Waals surface area contributed by atoms with Crippen molar-refractivity contribution in [2.45, 2.75) is 13.1 Å². The van der Waals surface area contributed by atoms with Crippen LogP contribution in [0.15, 0.2) is 0 Å². The van der Waals surface area contributed by atoms with E-state index in [9.17, 15) is 4.79 Å². The van der Waals surface area contributed by atoms with Crippen molar-refractivity contribution in [3.8, 4) is 0 Å². The fourth-order valence-corrected chi connectivity index (χ4v) is 2.68. The van der Waals surface area contributed by atoms with Crippen LogP contribution in [0.2, 0.25) is 0 Å². The van der Waals surface area contributed by atoms with Crippen molar-refractivity contribution in [1.82, 2.24) is 19.6 Å². The smallest absolute Gasteiger partial charge is 0.302 e. The van der Waals surface area contributed by atoms with Crippen molar-refractivity contribution < 1.29 is 9.53 Å². The molecule has 0 saturated carbocycles. The Bertz CT molecular complexity index is 255. The summed E-state index contributed by atoms with van der Waals surface area (Å²) in [7, 11) is 0. The Morgan fingerprint density at radius 2 is 1.67 bits per heavy atom. The number of hydrogen-bond acceptors (Lipinski definition) is 6. The summed E-state index contributed by atoms with van der Waals surface area (Å²) in [4.78, 5) is 20.3. The molecule has 4 heterocycles. The Morgan fingerprint density at radius 3 is 2.13 bits per heavy atom. The summed E-state index contributed by atoms with van der Waals surface area (Å²) >= 11 is 0. The van der Waals surface area contributed by atoms with Crippen LogP contribution in [-0.2, 0) is 9.53 Å². The molecule has 4 aliphatic rings. The molecule has 84 valence electrons. The first-order chi connectivity index (χ1) is 7.22. The number of esters is 1. The van der Waals surface area contributed by atoms with Crippen molar-refractivity contribution in [3.63, 3.8) is 0 Å². The molecule has 0 spiro atoms. The molecule has 4 fully saturated rings. The highest BCUT2D eigenvalue weighted by molar-refractivity contribution is 5.65. The first-order valence-corrected chi connectivity index (χ1v) is 5.28. The molecule has 6 heteroatoms. The van der Waals surface area contributed by atoms with Crippen LogP contribution < -0.4 is 0 Å². The number of ether oxygens (including phenoxy) is 1. The number of nitrogens with zero attached hydrogens (tertiary/aromatic N) is 4. The second-order valence-electron chi connectivity index (χ2n) is 4.51. The largest absolute Gasteiger partial charge is 0.463 e. The fraction of sp³-hybridized carbons (Fsp3) is 0.889.